The number of nitrogens with two attached hydrogens (primary N) is 1. The molecular formula is C23H31FN4O3S. The molecule has 0 unspecified atom stereocenters. The highest BCUT2D eigenvalue weighted by atomic mass is 32.2. The first kappa shape index (κ1) is 23.1. The maximum Gasteiger partial charge on any atom is 0.238 e. The van der Waals surface area contributed by atoms with Crippen LogP contribution in [0, 0.1) is 34.9 Å². The highest BCUT2D eigenvalue weighted by Gasteiger charge is 2.50. The summed E-state index contributed by atoms with van der Waals surface area (Å²) in [6, 6.07) is 6.40. The second-order valence-corrected chi connectivity index (χ2v) is 11.5. The van der Waals surface area contributed by atoms with Crippen LogP contribution in [0.1, 0.15) is 51.4 Å². The van der Waals surface area contributed by atoms with Gasteiger partial charge in [-0.05, 0) is 93.4 Å². The van der Waals surface area contributed by atoms with E-state index < -0.39 is 15.8 Å². The minimum atomic E-state index is -3.69. The molecule has 1 aromatic rings. The molecule has 1 aromatic carbocycles. The fourth-order valence-corrected chi connectivity index (χ4v) is 7.03. The van der Waals surface area contributed by atoms with Gasteiger partial charge in [0.05, 0.1) is 17.5 Å². The number of hydrogen-bond donors (Lipinski definition) is 2. The maximum atomic E-state index is 12.4. The van der Waals surface area contributed by atoms with Crippen LogP contribution in [0.2, 0.25) is 0 Å². The Kier molecular flexibility index (Phi) is 6.57. The van der Waals surface area contributed by atoms with Crippen LogP contribution < -0.4 is 10.5 Å². The van der Waals surface area contributed by atoms with E-state index in [-0.39, 0.29) is 22.4 Å². The largest absolute Gasteiger partial charge is 0.326 e. The van der Waals surface area contributed by atoms with Crippen LogP contribution in [-0.2, 0) is 14.8 Å². The maximum absolute atomic E-state index is 12.4. The van der Waals surface area contributed by atoms with Crippen molar-refractivity contribution in [1.29, 1.82) is 5.26 Å². The fraction of sp³-hybridized carbons (Fsp3) is 0.652. The molecule has 1 aliphatic heterocycles. The van der Waals surface area contributed by atoms with E-state index in [4.69, 9.17) is 10.4 Å². The number of carbonyl (C=O) groups excluding carboxylic acids is 1. The minimum absolute atomic E-state index is 0.0844. The van der Waals surface area contributed by atoms with Gasteiger partial charge in [-0.1, -0.05) is 0 Å². The third-order valence-corrected chi connectivity index (χ3v) is 8.45. The third-order valence-electron chi connectivity index (χ3n) is 7.52. The topological polar surface area (TPSA) is 116 Å². The van der Waals surface area contributed by atoms with Crippen LogP contribution >= 0.6 is 0 Å². The molecule has 0 radical (unpaired) electrons. The van der Waals surface area contributed by atoms with Gasteiger partial charge < -0.3 is 10.2 Å². The summed E-state index contributed by atoms with van der Waals surface area (Å²) in [7, 11) is -3.69. The Bertz CT molecular complexity index is 954. The van der Waals surface area contributed by atoms with Crippen LogP contribution in [0.4, 0.5) is 4.39 Å². The molecule has 0 aromatic heterocycles. The molecule has 1 heterocycles. The van der Waals surface area contributed by atoms with Crippen LogP contribution in [-0.4, -0.2) is 43.9 Å². The molecule has 1 amide bonds. The lowest BCUT2D eigenvalue weighted by Crippen LogP contribution is -2.60. The molecule has 7 nitrogen and oxygen atoms in total. The van der Waals surface area contributed by atoms with Crippen molar-refractivity contribution in [3.8, 4) is 6.07 Å². The zero-order valence-electron chi connectivity index (χ0n) is 18.2. The summed E-state index contributed by atoms with van der Waals surface area (Å²) in [5.41, 5.74) is 0.242. The number of nitrogens with one attached hydrogen (secondary N) is 1. The first-order valence-electron chi connectivity index (χ1n) is 11.4. The highest BCUT2D eigenvalue weighted by Crippen LogP contribution is 2.55. The average Bonchev–Trinajstić information content (AvgIpc) is 3.20. The Labute approximate surface area is 189 Å². The van der Waals surface area contributed by atoms with Crippen LogP contribution in [0.5, 0.6) is 0 Å². The quantitative estimate of drug-likeness (QED) is 0.713. The smallest absolute Gasteiger partial charge is 0.238 e. The summed E-state index contributed by atoms with van der Waals surface area (Å²) in [6.07, 6.45) is 9.92. The van der Waals surface area contributed by atoms with Crippen molar-refractivity contribution in [1.82, 2.24) is 10.2 Å². The molecule has 9 heteroatoms. The SMILES string of the molecule is N#C[C@@H]1CCCN1C(=O)CNC12CC3CC(CC(C3)C1)C2.NS(=O)(=O)c1ccc(F)cc1. The standard InChI is InChI=1S/C17H25N3O.C6H6FNO2S/c18-10-15-2-1-3-20(15)16(21)11-19-17-7-12-4-13(8-17)6-14(5-12)9-17;7-5-1-3-6(4-2-5)11(8,9)10/h12-15,19H,1-9,11H2;1-4H,(H2,8,9,10)/t12?,13?,14?,15-,17?;/m0./s1. The molecule has 4 bridgehead atoms. The lowest BCUT2D eigenvalue weighted by molar-refractivity contribution is -0.131. The molecular weight excluding hydrogens is 431 g/mol. The van der Waals surface area contributed by atoms with Crippen molar-refractivity contribution in [3.05, 3.63) is 30.1 Å². The fourth-order valence-electron chi connectivity index (χ4n) is 6.52. The van der Waals surface area contributed by atoms with Crippen LogP contribution in [0.25, 0.3) is 0 Å². The summed E-state index contributed by atoms with van der Waals surface area (Å²) in [5.74, 6) is 2.35. The number of amides is 1. The van der Waals surface area contributed by atoms with E-state index >= 15 is 0 Å². The van der Waals surface area contributed by atoms with Gasteiger partial charge in [-0.15, -0.1) is 0 Å². The van der Waals surface area contributed by atoms with Crippen molar-refractivity contribution in [3.63, 3.8) is 0 Å². The lowest BCUT2D eigenvalue weighted by atomic mass is 9.53. The van der Waals surface area contributed by atoms with E-state index in [2.05, 4.69) is 11.4 Å². The van der Waals surface area contributed by atoms with Gasteiger partial charge in [0.1, 0.15) is 11.9 Å². The summed E-state index contributed by atoms with van der Waals surface area (Å²) in [5, 5.41) is 17.5. The molecule has 0 spiro atoms. The highest BCUT2D eigenvalue weighted by molar-refractivity contribution is 7.89. The molecule has 1 saturated heterocycles. The lowest BCUT2D eigenvalue weighted by Gasteiger charge is -2.57. The van der Waals surface area contributed by atoms with E-state index in [1.54, 1.807) is 4.90 Å². The van der Waals surface area contributed by atoms with E-state index in [1.807, 2.05) is 0 Å². The Balaban J connectivity index is 0.000000189. The first-order chi connectivity index (χ1) is 15.2. The second-order valence-electron chi connectivity index (χ2n) is 9.92. The third kappa shape index (κ3) is 5.13. The second kappa shape index (κ2) is 9.08. The van der Waals surface area contributed by atoms with E-state index in [1.165, 1.54) is 38.5 Å². The predicted octanol–water partition coefficient (Wildman–Crippen LogP) is 2.53. The number of nitriles is 1. The number of rotatable bonds is 4. The zero-order valence-corrected chi connectivity index (χ0v) is 19.0. The number of primary sulfonamides is 1. The van der Waals surface area contributed by atoms with Gasteiger partial charge in [0.25, 0.3) is 0 Å². The number of likely N-dealkylation sites (tertiary alicyclic amines) is 1. The van der Waals surface area contributed by atoms with Crippen molar-refractivity contribution in [2.75, 3.05) is 13.1 Å². The van der Waals surface area contributed by atoms with E-state index in [0.29, 0.717) is 6.54 Å². The Morgan fingerprint density at radius 1 is 1.16 bits per heavy atom. The number of sulfonamides is 1. The molecule has 4 aliphatic carbocycles. The van der Waals surface area contributed by atoms with Gasteiger partial charge >= 0.3 is 0 Å². The monoisotopic (exact) mass is 462 g/mol. The van der Waals surface area contributed by atoms with Crippen molar-refractivity contribution >= 4 is 15.9 Å². The summed E-state index contributed by atoms with van der Waals surface area (Å²) >= 11 is 0. The summed E-state index contributed by atoms with van der Waals surface area (Å²) in [6.45, 7) is 1.20. The number of nitrogens with zero attached hydrogens (tertiary/aromatic N) is 2. The molecule has 5 fully saturated rings. The average molecular weight is 463 g/mol. The molecule has 6 rings (SSSR count). The van der Waals surface area contributed by atoms with Crippen molar-refractivity contribution in [2.45, 2.75) is 67.8 Å². The molecule has 3 N–H and O–H groups in total. The van der Waals surface area contributed by atoms with Gasteiger partial charge in [-0.25, -0.2) is 17.9 Å². The molecule has 5 aliphatic rings. The van der Waals surface area contributed by atoms with Gasteiger partial charge in [0, 0.05) is 12.1 Å². The van der Waals surface area contributed by atoms with Gasteiger partial charge in [-0.2, -0.15) is 5.26 Å². The Hall–Kier alpha value is -2.02. The summed E-state index contributed by atoms with van der Waals surface area (Å²) in [4.78, 5) is 14.1. The molecule has 1 atom stereocenters. The molecule has 174 valence electrons. The predicted molar refractivity (Wildman–Crippen MR) is 117 cm³/mol. The van der Waals surface area contributed by atoms with E-state index in [0.717, 1.165) is 61.4 Å². The van der Waals surface area contributed by atoms with Crippen molar-refractivity contribution in [2.24, 2.45) is 22.9 Å². The molecule has 4 saturated carbocycles. The van der Waals surface area contributed by atoms with Crippen LogP contribution in [0.3, 0.4) is 0 Å². The summed E-state index contributed by atoms with van der Waals surface area (Å²) < 4.78 is 33.4. The number of hydrogen-bond acceptors (Lipinski definition) is 5. The van der Waals surface area contributed by atoms with Crippen LogP contribution in [0.15, 0.2) is 29.2 Å². The minimum Gasteiger partial charge on any atom is -0.326 e. The van der Waals surface area contributed by atoms with Crippen molar-refractivity contribution < 1.29 is 17.6 Å². The number of carbonyl (C=O) groups is 1. The first-order valence-corrected chi connectivity index (χ1v) is 12.9. The zero-order chi connectivity index (χ0) is 22.9. The number of halogens is 1. The van der Waals surface area contributed by atoms with Gasteiger partial charge in [0.2, 0.25) is 15.9 Å². The van der Waals surface area contributed by atoms with Gasteiger partial charge in [0.15, 0.2) is 0 Å². The normalized spacial score (nSPS) is 32.8. The Morgan fingerprint density at radius 2 is 1.72 bits per heavy atom. The van der Waals surface area contributed by atoms with E-state index in [9.17, 15) is 17.6 Å². The Morgan fingerprint density at radius 3 is 2.22 bits per heavy atom. The molecule has 32 heavy (non-hydrogen) atoms. The number of benzene rings is 1. The van der Waals surface area contributed by atoms with Gasteiger partial charge in [-0.3, -0.25) is 4.79 Å².